The van der Waals surface area contributed by atoms with Crippen molar-refractivity contribution in [2.24, 2.45) is 0 Å². The maximum absolute atomic E-state index is 13.3. The van der Waals surface area contributed by atoms with Crippen LogP contribution in [0.3, 0.4) is 0 Å². The van der Waals surface area contributed by atoms with Crippen LogP contribution in [0.25, 0.3) is 5.69 Å². The lowest BCUT2D eigenvalue weighted by molar-refractivity contribution is -0.114. The molecule has 0 saturated heterocycles. The van der Waals surface area contributed by atoms with Gasteiger partial charge in [-0.05, 0) is 68.1 Å². The number of carbonyl (C=O) groups is 2. The van der Waals surface area contributed by atoms with Crippen molar-refractivity contribution in [2.75, 3.05) is 10.6 Å². The Labute approximate surface area is 178 Å². The third kappa shape index (κ3) is 4.07. The van der Waals surface area contributed by atoms with E-state index in [1.165, 1.54) is 19.1 Å². The molecule has 154 valence electrons. The van der Waals surface area contributed by atoms with Crippen molar-refractivity contribution in [1.29, 1.82) is 0 Å². The number of amides is 2. The van der Waals surface area contributed by atoms with Crippen molar-refractivity contribution in [3.8, 4) is 5.69 Å². The van der Waals surface area contributed by atoms with Crippen molar-refractivity contribution < 1.29 is 14.0 Å². The molecule has 30 heavy (non-hydrogen) atoms. The van der Waals surface area contributed by atoms with Crippen molar-refractivity contribution in [1.82, 2.24) is 9.78 Å². The Balaban J connectivity index is 1.64. The minimum absolute atomic E-state index is 0.208. The van der Waals surface area contributed by atoms with E-state index in [2.05, 4.69) is 15.7 Å². The minimum atomic E-state index is -0.358. The lowest BCUT2D eigenvalue weighted by Gasteiger charge is -2.14. The molecule has 0 spiro atoms. The van der Waals surface area contributed by atoms with Crippen molar-refractivity contribution >= 4 is 34.8 Å². The largest absolute Gasteiger partial charge is 0.326 e. The molecule has 1 heterocycles. The van der Waals surface area contributed by atoms with Crippen LogP contribution in [0.15, 0.2) is 42.5 Å². The van der Waals surface area contributed by atoms with Gasteiger partial charge in [-0.15, -0.1) is 0 Å². The monoisotopic (exact) mass is 426 g/mol. The molecule has 0 unspecified atom stereocenters. The standard InChI is InChI=1S/C22H20ClFN4O2/c1-13(29)25-15-8-11-19(18(23)12-15)26-22(30)21-17-4-2-3-5-20(17)28(27-21)16-9-6-14(24)7-10-16/h6-12H,2-5H2,1H3,(H,25,29)(H,26,30). The minimum Gasteiger partial charge on any atom is -0.326 e. The first-order valence-corrected chi connectivity index (χ1v) is 10.1. The van der Waals surface area contributed by atoms with Crippen LogP contribution in [0.4, 0.5) is 15.8 Å². The number of hydrogen-bond donors (Lipinski definition) is 2. The molecule has 0 radical (unpaired) electrons. The van der Waals surface area contributed by atoms with E-state index in [4.69, 9.17) is 11.6 Å². The van der Waals surface area contributed by atoms with Gasteiger partial charge in [0.05, 0.1) is 16.4 Å². The number of benzene rings is 2. The Hall–Kier alpha value is -3.19. The van der Waals surface area contributed by atoms with E-state index in [0.29, 0.717) is 27.8 Å². The lowest BCUT2D eigenvalue weighted by Crippen LogP contribution is -2.16. The number of hydrogen-bond acceptors (Lipinski definition) is 3. The van der Waals surface area contributed by atoms with E-state index in [-0.39, 0.29) is 17.6 Å². The first kappa shape index (κ1) is 20.1. The smallest absolute Gasteiger partial charge is 0.276 e. The van der Waals surface area contributed by atoms with Crippen LogP contribution < -0.4 is 10.6 Å². The molecule has 0 fully saturated rings. The summed E-state index contributed by atoms with van der Waals surface area (Å²) in [6, 6.07) is 10.9. The second kappa shape index (κ2) is 8.28. The number of nitrogens with one attached hydrogen (secondary N) is 2. The Bertz CT molecular complexity index is 1120. The van der Waals surface area contributed by atoms with Crippen molar-refractivity contribution in [2.45, 2.75) is 32.6 Å². The lowest BCUT2D eigenvalue weighted by atomic mass is 9.95. The van der Waals surface area contributed by atoms with E-state index >= 15 is 0 Å². The summed E-state index contributed by atoms with van der Waals surface area (Å²) in [7, 11) is 0. The molecule has 8 heteroatoms. The number of carbonyl (C=O) groups excluding carboxylic acids is 2. The van der Waals surface area contributed by atoms with Crippen molar-refractivity contribution in [3.63, 3.8) is 0 Å². The zero-order chi connectivity index (χ0) is 21.3. The number of anilines is 2. The van der Waals surface area contributed by atoms with Gasteiger partial charge in [-0.3, -0.25) is 9.59 Å². The third-order valence-electron chi connectivity index (χ3n) is 5.00. The molecule has 2 aromatic carbocycles. The number of fused-ring (bicyclic) bond motifs is 1. The first-order valence-electron chi connectivity index (χ1n) is 9.67. The third-order valence-corrected chi connectivity index (χ3v) is 5.32. The van der Waals surface area contributed by atoms with Crippen LogP contribution in [0.1, 0.15) is 41.5 Å². The summed E-state index contributed by atoms with van der Waals surface area (Å²) < 4.78 is 15.1. The summed E-state index contributed by atoms with van der Waals surface area (Å²) in [5.41, 5.74) is 3.92. The Morgan fingerprint density at radius 1 is 1.07 bits per heavy atom. The SMILES string of the molecule is CC(=O)Nc1ccc(NC(=O)c2nn(-c3ccc(F)cc3)c3c2CCCC3)c(Cl)c1. The van der Waals surface area contributed by atoms with Gasteiger partial charge in [0.2, 0.25) is 5.91 Å². The summed E-state index contributed by atoms with van der Waals surface area (Å²) in [6.07, 6.45) is 3.56. The van der Waals surface area contributed by atoms with Gasteiger partial charge in [-0.2, -0.15) is 5.10 Å². The molecule has 2 amide bonds. The zero-order valence-electron chi connectivity index (χ0n) is 16.3. The molecule has 0 atom stereocenters. The number of rotatable bonds is 4. The molecular weight excluding hydrogens is 407 g/mol. The molecule has 6 nitrogen and oxygen atoms in total. The molecule has 0 saturated carbocycles. The number of nitrogens with zero attached hydrogens (tertiary/aromatic N) is 2. The molecule has 3 aromatic rings. The van der Waals surface area contributed by atoms with Crippen LogP contribution in [0.5, 0.6) is 0 Å². The summed E-state index contributed by atoms with van der Waals surface area (Å²) in [5, 5.41) is 10.3. The van der Waals surface area contributed by atoms with E-state index < -0.39 is 0 Å². The second-order valence-corrected chi connectivity index (χ2v) is 7.61. The fourth-order valence-electron chi connectivity index (χ4n) is 3.66. The molecule has 2 N–H and O–H groups in total. The van der Waals surface area contributed by atoms with Crippen LogP contribution in [-0.2, 0) is 17.6 Å². The van der Waals surface area contributed by atoms with Gasteiger partial charge < -0.3 is 10.6 Å². The normalized spacial score (nSPS) is 12.9. The van der Waals surface area contributed by atoms with Gasteiger partial charge in [0, 0.05) is 23.9 Å². The molecule has 1 aliphatic rings. The van der Waals surface area contributed by atoms with Gasteiger partial charge in [0.1, 0.15) is 5.82 Å². The molecule has 0 aliphatic heterocycles. The number of aromatic nitrogens is 2. The van der Waals surface area contributed by atoms with Gasteiger partial charge in [-0.1, -0.05) is 11.6 Å². The van der Waals surface area contributed by atoms with Crippen LogP contribution in [0.2, 0.25) is 5.02 Å². The zero-order valence-corrected chi connectivity index (χ0v) is 17.1. The van der Waals surface area contributed by atoms with Gasteiger partial charge in [0.25, 0.3) is 5.91 Å². The molecule has 4 rings (SSSR count). The quantitative estimate of drug-likeness (QED) is 0.631. The highest BCUT2D eigenvalue weighted by molar-refractivity contribution is 6.34. The summed E-state index contributed by atoms with van der Waals surface area (Å²) >= 11 is 6.28. The van der Waals surface area contributed by atoms with Gasteiger partial charge in [0.15, 0.2) is 5.69 Å². The van der Waals surface area contributed by atoms with Gasteiger partial charge in [-0.25, -0.2) is 9.07 Å². The summed E-state index contributed by atoms with van der Waals surface area (Å²) in [4.78, 5) is 24.2. The van der Waals surface area contributed by atoms with E-state index in [1.54, 1.807) is 35.0 Å². The fraction of sp³-hybridized carbons (Fsp3) is 0.227. The highest BCUT2D eigenvalue weighted by Gasteiger charge is 2.26. The predicted molar refractivity (Wildman–Crippen MR) is 114 cm³/mol. The van der Waals surface area contributed by atoms with Gasteiger partial charge >= 0.3 is 0 Å². The highest BCUT2D eigenvalue weighted by Crippen LogP contribution is 2.29. The fourth-order valence-corrected chi connectivity index (χ4v) is 3.88. The van der Waals surface area contributed by atoms with Crippen molar-refractivity contribution in [3.05, 3.63) is 70.3 Å². The molecule has 1 aromatic heterocycles. The summed E-state index contributed by atoms with van der Waals surface area (Å²) in [6.45, 7) is 1.41. The van der Waals surface area contributed by atoms with Crippen LogP contribution >= 0.6 is 11.6 Å². The predicted octanol–water partition coefficient (Wildman–Crippen LogP) is 4.75. The maximum Gasteiger partial charge on any atom is 0.276 e. The topological polar surface area (TPSA) is 76.0 Å². The Morgan fingerprint density at radius 3 is 2.50 bits per heavy atom. The number of halogens is 2. The molecule has 1 aliphatic carbocycles. The Kier molecular flexibility index (Phi) is 5.55. The second-order valence-electron chi connectivity index (χ2n) is 7.20. The summed E-state index contributed by atoms with van der Waals surface area (Å²) in [5.74, 6) is -0.890. The first-order chi connectivity index (χ1) is 14.4. The maximum atomic E-state index is 13.3. The van der Waals surface area contributed by atoms with E-state index in [0.717, 1.165) is 36.9 Å². The molecular formula is C22H20ClFN4O2. The van der Waals surface area contributed by atoms with E-state index in [1.807, 2.05) is 0 Å². The van der Waals surface area contributed by atoms with Crippen LogP contribution in [0, 0.1) is 5.82 Å². The van der Waals surface area contributed by atoms with Crippen LogP contribution in [-0.4, -0.2) is 21.6 Å². The van der Waals surface area contributed by atoms with E-state index in [9.17, 15) is 14.0 Å². The average molecular weight is 427 g/mol. The highest BCUT2D eigenvalue weighted by atomic mass is 35.5. The Morgan fingerprint density at radius 2 is 1.80 bits per heavy atom. The molecule has 0 bridgehead atoms. The average Bonchev–Trinajstić information content (AvgIpc) is 3.10.